The number of aromatic nitrogens is 3. The van der Waals surface area contributed by atoms with Crippen LogP contribution in [0.2, 0.25) is 0 Å². The number of aliphatic carboxylic acids is 1. The minimum absolute atomic E-state index is 0.000888. The molecule has 250 valence electrons. The van der Waals surface area contributed by atoms with E-state index in [0.717, 1.165) is 0 Å². The highest BCUT2D eigenvalue weighted by molar-refractivity contribution is 5.82. The number of ether oxygens (including phenoxy) is 1. The van der Waals surface area contributed by atoms with Crippen LogP contribution in [-0.2, 0) is 41.5 Å². The standard InChI is InChI=1S/C32H31F6N5O4/c1-47-11-10-43-25(14-22-4-2-3-5-27(22)28(43)44)19-42(18-20-12-23(31(33,34)35)15-24(13-20)32(36,37)38)30-39-16-26(17-40-30)41-8-6-21(7-9-41)29(45)46/h2-5,12-17,21H,6-11,18-19H2,1H3,(H,45,46). The van der Waals surface area contributed by atoms with Crippen LogP contribution < -0.4 is 15.4 Å². The molecular weight excluding hydrogens is 632 g/mol. The Morgan fingerprint density at radius 1 is 0.957 bits per heavy atom. The summed E-state index contributed by atoms with van der Waals surface area (Å²) in [5.74, 6) is -1.33. The molecule has 0 aliphatic carbocycles. The molecule has 0 radical (unpaired) electrons. The number of piperidine rings is 1. The van der Waals surface area contributed by atoms with Crippen molar-refractivity contribution in [3.8, 4) is 0 Å². The summed E-state index contributed by atoms with van der Waals surface area (Å²) in [6, 6.07) is 9.94. The predicted octanol–water partition coefficient (Wildman–Crippen LogP) is 5.98. The second-order valence-corrected chi connectivity index (χ2v) is 11.3. The van der Waals surface area contributed by atoms with E-state index in [1.807, 2.05) is 4.90 Å². The summed E-state index contributed by atoms with van der Waals surface area (Å²) in [4.78, 5) is 37.0. The molecule has 1 aliphatic heterocycles. The highest BCUT2D eigenvalue weighted by atomic mass is 19.4. The first-order valence-electron chi connectivity index (χ1n) is 14.7. The lowest BCUT2D eigenvalue weighted by Crippen LogP contribution is -2.36. The van der Waals surface area contributed by atoms with E-state index in [1.165, 1.54) is 29.0 Å². The van der Waals surface area contributed by atoms with E-state index in [9.17, 15) is 41.0 Å². The third-order valence-electron chi connectivity index (χ3n) is 8.11. The maximum Gasteiger partial charge on any atom is 0.416 e. The molecular formula is C32H31F6N5O4. The first kappa shape index (κ1) is 33.7. The van der Waals surface area contributed by atoms with Crippen molar-refractivity contribution in [1.29, 1.82) is 0 Å². The molecule has 1 N–H and O–H groups in total. The zero-order chi connectivity index (χ0) is 33.9. The van der Waals surface area contributed by atoms with Crippen LogP contribution in [0.15, 0.2) is 65.7 Å². The number of hydrogen-bond donors (Lipinski definition) is 1. The maximum absolute atomic E-state index is 13.7. The Hall–Kier alpha value is -4.66. The number of carboxylic acid groups (broad SMARTS) is 1. The van der Waals surface area contributed by atoms with E-state index in [-0.39, 0.29) is 42.8 Å². The normalized spacial score (nSPS) is 14.5. The average molecular weight is 664 g/mol. The fraction of sp³-hybridized carbons (Fsp3) is 0.375. The van der Waals surface area contributed by atoms with Crippen molar-refractivity contribution in [3.63, 3.8) is 0 Å². The van der Waals surface area contributed by atoms with Crippen molar-refractivity contribution in [1.82, 2.24) is 14.5 Å². The van der Waals surface area contributed by atoms with E-state index in [1.54, 1.807) is 30.3 Å². The van der Waals surface area contributed by atoms with Crippen LogP contribution in [0.4, 0.5) is 38.0 Å². The summed E-state index contributed by atoms with van der Waals surface area (Å²) in [6.07, 6.45) is -6.29. The summed E-state index contributed by atoms with van der Waals surface area (Å²) < 4.78 is 88.9. The number of hydrogen-bond acceptors (Lipinski definition) is 7. The molecule has 2 aromatic carbocycles. The number of alkyl halides is 6. The predicted molar refractivity (Wildman–Crippen MR) is 161 cm³/mol. The Morgan fingerprint density at radius 3 is 2.15 bits per heavy atom. The molecule has 0 atom stereocenters. The van der Waals surface area contributed by atoms with Gasteiger partial charge in [-0.2, -0.15) is 26.3 Å². The molecule has 1 aliphatic rings. The fourth-order valence-corrected chi connectivity index (χ4v) is 5.66. The largest absolute Gasteiger partial charge is 0.481 e. The minimum Gasteiger partial charge on any atom is -0.481 e. The average Bonchev–Trinajstić information content (AvgIpc) is 3.03. The van der Waals surface area contributed by atoms with Crippen LogP contribution >= 0.6 is 0 Å². The van der Waals surface area contributed by atoms with Crippen LogP contribution in [0.5, 0.6) is 0 Å². The van der Waals surface area contributed by atoms with E-state index in [0.29, 0.717) is 60.2 Å². The van der Waals surface area contributed by atoms with Crippen LogP contribution in [0.1, 0.15) is 35.2 Å². The number of methoxy groups -OCH3 is 1. The molecule has 47 heavy (non-hydrogen) atoms. The van der Waals surface area contributed by atoms with Gasteiger partial charge in [0.05, 0.1) is 48.3 Å². The van der Waals surface area contributed by atoms with Gasteiger partial charge in [0.2, 0.25) is 5.95 Å². The van der Waals surface area contributed by atoms with Crippen molar-refractivity contribution >= 4 is 28.4 Å². The number of nitrogens with zero attached hydrogens (tertiary/aromatic N) is 5. The Kier molecular flexibility index (Phi) is 9.75. The second-order valence-electron chi connectivity index (χ2n) is 11.3. The molecule has 2 aromatic heterocycles. The van der Waals surface area contributed by atoms with E-state index < -0.39 is 41.9 Å². The number of carbonyl (C=O) groups is 1. The van der Waals surface area contributed by atoms with Gasteiger partial charge in [-0.3, -0.25) is 9.59 Å². The number of anilines is 2. The zero-order valence-corrected chi connectivity index (χ0v) is 25.2. The summed E-state index contributed by atoms with van der Waals surface area (Å²) in [7, 11) is 1.46. The SMILES string of the molecule is COCCn1c(CN(Cc2cc(C(F)(F)F)cc(C(F)(F)F)c2)c2ncc(N3CCC(C(=O)O)CC3)cn2)cc2ccccc2c1=O. The monoisotopic (exact) mass is 663 g/mol. The molecule has 1 saturated heterocycles. The molecule has 1 fully saturated rings. The van der Waals surface area contributed by atoms with E-state index in [4.69, 9.17) is 4.74 Å². The summed E-state index contributed by atoms with van der Waals surface area (Å²) in [5.41, 5.74) is -2.54. The van der Waals surface area contributed by atoms with Crippen LogP contribution in [-0.4, -0.2) is 52.4 Å². The number of pyridine rings is 1. The van der Waals surface area contributed by atoms with Gasteiger partial charge in [0.15, 0.2) is 0 Å². The number of carboxylic acids is 1. The molecule has 0 amide bonds. The molecule has 5 rings (SSSR count). The highest BCUT2D eigenvalue weighted by Crippen LogP contribution is 2.37. The van der Waals surface area contributed by atoms with Gasteiger partial charge in [0, 0.05) is 44.4 Å². The Balaban J connectivity index is 1.56. The molecule has 4 aromatic rings. The van der Waals surface area contributed by atoms with Gasteiger partial charge in [0.25, 0.3) is 5.56 Å². The van der Waals surface area contributed by atoms with Gasteiger partial charge in [-0.15, -0.1) is 0 Å². The third-order valence-corrected chi connectivity index (χ3v) is 8.11. The molecule has 0 bridgehead atoms. The van der Waals surface area contributed by atoms with Crippen molar-refractivity contribution in [2.24, 2.45) is 5.92 Å². The van der Waals surface area contributed by atoms with Crippen molar-refractivity contribution in [2.45, 2.75) is 44.8 Å². The van der Waals surface area contributed by atoms with Crippen molar-refractivity contribution in [3.05, 3.63) is 93.7 Å². The molecule has 0 spiro atoms. The summed E-state index contributed by atoms with van der Waals surface area (Å²) >= 11 is 0. The van der Waals surface area contributed by atoms with Gasteiger partial charge in [0.1, 0.15) is 0 Å². The third kappa shape index (κ3) is 7.84. The Labute approximate surface area is 265 Å². The van der Waals surface area contributed by atoms with Crippen molar-refractivity contribution < 1.29 is 41.0 Å². The van der Waals surface area contributed by atoms with Crippen LogP contribution in [0, 0.1) is 5.92 Å². The van der Waals surface area contributed by atoms with E-state index >= 15 is 0 Å². The lowest BCUT2D eigenvalue weighted by molar-refractivity contribution is -0.144. The smallest absolute Gasteiger partial charge is 0.416 e. The fourth-order valence-electron chi connectivity index (χ4n) is 5.66. The highest BCUT2D eigenvalue weighted by Gasteiger charge is 2.37. The summed E-state index contributed by atoms with van der Waals surface area (Å²) in [5, 5.41) is 10.3. The number of rotatable bonds is 10. The number of halogens is 6. The molecule has 3 heterocycles. The number of benzene rings is 2. The van der Waals surface area contributed by atoms with Gasteiger partial charge in [-0.05, 0) is 54.1 Å². The van der Waals surface area contributed by atoms with Crippen LogP contribution in [0.3, 0.4) is 0 Å². The quantitative estimate of drug-likeness (QED) is 0.207. The zero-order valence-electron chi connectivity index (χ0n) is 25.2. The molecule has 9 nitrogen and oxygen atoms in total. The first-order chi connectivity index (χ1) is 22.2. The topological polar surface area (TPSA) is 101 Å². The first-order valence-corrected chi connectivity index (χ1v) is 14.7. The Bertz CT molecular complexity index is 1750. The lowest BCUT2D eigenvalue weighted by Gasteiger charge is -2.32. The Morgan fingerprint density at radius 2 is 1.57 bits per heavy atom. The maximum atomic E-state index is 13.7. The number of fused-ring (bicyclic) bond motifs is 1. The molecule has 0 saturated carbocycles. The van der Waals surface area contributed by atoms with Crippen molar-refractivity contribution in [2.75, 3.05) is 36.6 Å². The van der Waals surface area contributed by atoms with Gasteiger partial charge < -0.3 is 24.2 Å². The van der Waals surface area contributed by atoms with Crippen LogP contribution in [0.25, 0.3) is 10.8 Å². The minimum atomic E-state index is -5.04. The van der Waals surface area contributed by atoms with Gasteiger partial charge >= 0.3 is 18.3 Å². The van der Waals surface area contributed by atoms with Gasteiger partial charge in [-0.1, -0.05) is 18.2 Å². The molecule has 15 heteroatoms. The second kappa shape index (κ2) is 13.6. The van der Waals surface area contributed by atoms with Gasteiger partial charge in [-0.25, -0.2) is 9.97 Å². The van der Waals surface area contributed by atoms with E-state index in [2.05, 4.69) is 9.97 Å². The molecule has 0 unspecified atom stereocenters. The summed E-state index contributed by atoms with van der Waals surface area (Å²) in [6.45, 7) is 0.578. The lowest BCUT2D eigenvalue weighted by atomic mass is 9.97.